The van der Waals surface area contributed by atoms with Crippen LogP contribution in [-0.4, -0.2) is 16.8 Å². The van der Waals surface area contributed by atoms with Crippen LogP contribution in [0.25, 0.3) is 10.1 Å². The van der Waals surface area contributed by atoms with Gasteiger partial charge in [0, 0.05) is 10.5 Å². The van der Waals surface area contributed by atoms with Gasteiger partial charge in [-0.15, -0.1) is 21.5 Å². The first-order valence-corrected chi connectivity index (χ1v) is 10.0. The average Bonchev–Trinajstić information content (AvgIpc) is 3.33. The van der Waals surface area contributed by atoms with Gasteiger partial charge < -0.3 is 13.9 Å². The molecular formula is C19H14N2O3S2. The quantitative estimate of drug-likeness (QED) is 0.458. The van der Waals surface area contributed by atoms with Crippen LogP contribution in [-0.2, 0) is 5.75 Å². The first-order valence-electron chi connectivity index (χ1n) is 8.16. The third-order valence-corrected chi connectivity index (χ3v) is 6.00. The molecule has 0 fully saturated rings. The van der Waals surface area contributed by atoms with Gasteiger partial charge in [0.1, 0.15) is 6.61 Å². The number of fused-ring (bicyclic) bond motifs is 2. The van der Waals surface area contributed by atoms with Crippen molar-refractivity contribution in [1.82, 2.24) is 10.2 Å². The zero-order valence-corrected chi connectivity index (χ0v) is 15.3. The zero-order chi connectivity index (χ0) is 17.3. The number of nitrogens with zero attached hydrogens (tertiary/aromatic N) is 2. The van der Waals surface area contributed by atoms with Gasteiger partial charge in [0.05, 0.1) is 0 Å². The van der Waals surface area contributed by atoms with E-state index >= 15 is 0 Å². The number of aromatic nitrogens is 2. The Kier molecular flexibility index (Phi) is 4.03. The Bertz CT molecular complexity index is 1060. The van der Waals surface area contributed by atoms with Crippen LogP contribution < -0.4 is 9.47 Å². The molecule has 0 bridgehead atoms. The van der Waals surface area contributed by atoms with E-state index in [4.69, 9.17) is 13.9 Å². The van der Waals surface area contributed by atoms with E-state index in [0.29, 0.717) is 23.5 Å². The number of hydrogen-bond acceptors (Lipinski definition) is 7. The van der Waals surface area contributed by atoms with Crippen molar-refractivity contribution in [1.29, 1.82) is 0 Å². The van der Waals surface area contributed by atoms with Crippen LogP contribution in [0, 0.1) is 0 Å². The summed E-state index contributed by atoms with van der Waals surface area (Å²) in [6.45, 7) is 0.360. The van der Waals surface area contributed by atoms with Gasteiger partial charge in [0.25, 0.3) is 11.1 Å². The summed E-state index contributed by atoms with van der Waals surface area (Å²) in [4.78, 5) is 0. The smallest absolute Gasteiger partial charge is 0.277 e. The molecule has 0 aliphatic carbocycles. The van der Waals surface area contributed by atoms with Crippen molar-refractivity contribution in [3.8, 4) is 11.5 Å². The van der Waals surface area contributed by atoms with E-state index in [-0.39, 0.29) is 6.10 Å². The lowest BCUT2D eigenvalue weighted by molar-refractivity contribution is 0.0686. The van der Waals surface area contributed by atoms with Crippen molar-refractivity contribution < 1.29 is 13.9 Å². The Labute approximate surface area is 158 Å². The number of ether oxygens (including phenoxy) is 2. The molecule has 1 aliphatic heterocycles. The Morgan fingerprint density at radius 2 is 1.88 bits per heavy atom. The van der Waals surface area contributed by atoms with Gasteiger partial charge in [0.15, 0.2) is 11.5 Å². The van der Waals surface area contributed by atoms with Crippen molar-refractivity contribution in [2.24, 2.45) is 0 Å². The van der Waals surface area contributed by atoms with Gasteiger partial charge in [-0.1, -0.05) is 42.1 Å². The van der Waals surface area contributed by atoms with Gasteiger partial charge in [0.2, 0.25) is 6.10 Å². The Hall–Kier alpha value is -2.51. The molecule has 3 heterocycles. The Morgan fingerprint density at radius 1 is 1.04 bits per heavy atom. The summed E-state index contributed by atoms with van der Waals surface area (Å²) < 4.78 is 18.7. The van der Waals surface area contributed by atoms with Crippen molar-refractivity contribution in [2.75, 3.05) is 6.61 Å². The van der Waals surface area contributed by atoms with Gasteiger partial charge in [-0.05, 0) is 34.5 Å². The molecule has 0 N–H and O–H groups in total. The second kappa shape index (κ2) is 6.66. The van der Waals surface area contributed by atoms with E-state index in [1.54, 1.807) is 11.3 Å². The second-order valence-electron chi connectivity index (χ2n) is 5.82. The van der Waals surface area contributed by atoms with E-state index in [1.807, 2.05) is 24.3 Å². The van der Waals surface area contributed by atoms with Crippen LogP contribution in [0.4, 0.5) is 0 Å². The number of benzene rings is 2. The summed E-state index contributed by atoms with van der Waals surface area (Å²) in [5.74, 6) is 2.66. The maximum atomic E-state index is 5.91. The number of thiophene rings is 1. The molecule has 0 amide bonds. The predicted molar refractivity (Wildman–Crippen MR) is 101 cm³/mol. The van der Waals surface area contributed by atoms with E-state index in [2.05, 4.69) is 39.8 Å². The summed E-state index contributed by atoms with van der Waals surface area (Å²) in [5.41, 5.74) is 1.28. The van der Waals surface area contributed by atoms with Crippen LogP contribution >= 0.6 is 23.1 Å². The summed E-state index contributed by atoms with van der Waals surface area (Å²) in [6.07, 6.45) is -0.381. The molecule has 0 spiro atoms. The fourth-order valence-electron chi connectivity index (χ4n) is 2.83. The summed E-state index contributed by atoms with van der Waals surface area (Å²) in [7, 11) is 0. The summed E-state index contributed by atoms with van der Waals surface area (Å²) in [5, 5.41) is 12.3. The fourth-order valence-corrected chi connectivity index (χ4v) is 4.66. The minimum atomic E-state index is -0.381. The topological polar surface area (TPSA) is 57.4 Å². The van der Waals surface area contributed by atoms with Gasteiger partial charge in [-0.2, -0.15) is 0 Å². The zero-order valence-electron chi connectivity index (χ0n) is 13.6. The summed E-state index contributed by atoms with van der Waals surface area (Å²) >= 11 is 3.29. The lowest BCUT2D eigenvalue weighted by atomic mass is 10.2. The van der Waals surface area contributed by atoms with Gasteiger partial charge in [-0.3, -0.25) is 0 Å². The lowest BCUT2D eigenvalue weighted by Gasteiger charge is -2.23. The normalized spacial score (nSPS) is 16.1. The number of rotatable bonds is 4. The van der Waals surface area contributed by atoms with Gasteiger partial charge in [-0.25, -0.2) is 0 Å². The molecule has 7 heteroatoms. The molecule has 0 saturated carbocycles. The third-order valence-electron chi connectivity index (χ3n) is 4.12. The second-order valence-corrected chi connectivity index (χ2v) is 7.65. The maximum Gasteiger partial charge on any atom is 0.277 e. The molecule has 2 aromatic heterocycles. The van der Waals surface area contributed by atoms with Gasteiger partial charge >= 0.3 is 0 Å². The van der Waals surface area contributed by atoms with Crippen LogP contribution in [0.3, 0.4) is 0 Å². The Balaban J connectivity index is 1.29. The first-order chi connectivity index (χ1) is 12.9. The molecule has 0 radical (unpaired) electrons. The molecule has 5 nitrogen and oxygen atoms in total. The van der Waals surface area contributed by atoms with Crippen molar-refractivity contribution in [3.63, 3.8) is 0 Å². The van der Waals surface area contributed by atoms with E-state index in [9.17, 15) is 0 Å². The molecule has 1 aliphatic rings. The standard InChI is InChI=1S/C19H14N2O3S2/c1-4-8-17-13(5-1)12(10-25-17)11-26-19-21-20-18(24-19)16-9-22-14-6-2-3-7-15(14)23-16/h1-8,10,16H,9,11H2/t16-/m1/s1. The van der Waals surface area contributed by atoms with Crippen molar-refractivity contribution in [3.05, 3.63) is 65.4 Å². The highest BCUT2D eigenvalue weighted by Crippen LogP contribution is 2.36. The van der Waals surface area contributed by atoms with Crippen LogP contribution in [0.2, 0.25) is 0 Å². The molecule has 0 unspecified atom stereocenters. The average molecular weight is 382 g/mol. The molecule has 26 heavy (non-hydrogen) atoms. The maximum absolute atomic E-state index is 5.91. The van der Waals surface area contributed by atoms with E-state index in [0.717, 1.165) is 11.5 Å². The molecule has 0 saturated heterocycles. The highest BCUT2D eigenvalue weighted by Gasteiger charge is 2.27. The van der Waals surface area contributed by atoms with Crippen molar-refractivity contribution >= 4 is 33.2 Å². The Morgan fingerprint density at radius 3 is 2.85 bits per heavy atom. The van der Waals surface area contributed by atoms with E-state index < -0.39 is 0 Å². The molecule has 5 rings (SSSR count). The van der Waals surface area contributed by atoms with Crippen molar-refractivity contribution in [2.45, 2.75) is 17.1 Å². The van der Waals surface area contributed by atoms with E-state index in [1.165, 1.54) is 27.4 Å². The minimum absolute atomic E-state index is 0.360. The monoisotopic (exact) mass is 382 g/mol. The fraction of sp³-hybridized carbons (Fsp3) is 0.158. The van der Waals surface area contributed by atoms with Crippen LogP contribution in [0.1, 0.15) is 17.6 Å². The molecule has 2 aromatic carbocycles. The number of thioether (sulfide) groups is 1. The van der Waals surface area contributed by atoms with Crippen LogP contribution in [0.5, 0.6) is 11.5 Å². The van der Waals surface area contributed by atoms with Crippen LogP contribution in [0.15, 0.2) is 63.6 Å². The molecule has 4 aromatic rings. The predicted octanol–water partition coefficient (Wildman–Crippen LogP) is 5.09. The largest absolute Gasteiger partial charge is 0.485 e. The molecule has 130 valence electrons. The highest BCUT2D eigenvalue weighted by atomic mass is 32.2. The summed E-state index contributed by atoms with van der Waals surface area (Å²) in [6, 6.07) is 16.0. The number of para-hydroxylation sites is 2. The molecular weight excluding hydrogens is 368 g/mol. The first kappa shape index (κ1) is 15.7. The minimum Gasteiger partial charge on any atom is -0.485 e. The number of hydrogen-bond donors (Lipinski definition) is 0. The molecule has 1 atom stereocenters. The SMILES string of the molecule is c1ccc2c(c1)OC[C@H](c1nnc(SCc3csc4ccccc34)o1)O2. The highest BCUT2D eigenvalue weighted by molar-refractivity contribution is 7.98. The lowest BCUT2D eigenvalue weighted by Crippen LogP contribution is -2.21. The third kappa shape index (κ3) is 2.93.